The number of carbonyl (C=O) groups is 1. The third-order valence-corrected chi connectivity index (χ3v) is 4.21. The number of para-hydroxylation sites is 1. The van der Waals surface area contributed by atoms with Gasteiger partial charge in [-0.1, -0.05) is 24.3 Å². The maximum absolute atomic E-state index is 12.6. The van der Waals surface area contributed by atoms with Crippen LogP contribution in [0.5, 0.6) is 5.75 Å². The van der Waals surface area contributed by atoms with Crippen molar-refractivity contribution in [3.63, 3.8) is 0 Å². The van der Waals surface area contributed by atoms with E-state index < -0.39 is 12.3 Å². The lowest BCUT2D eigenvalue weighted by atomic mass is 10.2. The van der Waals surface area contributed by atoms with Crippen LogP contribution in [0.15, 0.2) is 77.3 Å². The number of halogens is 2. The second kappa shape index (κ2) is 9.12. The SMILES string of the molecule is O=C(Nc1ccccc1)c1cccc(OCc2ccc(-c3nnc(C(F)F)o3)cn2)c1. The second-order valence-corrected chi connectivity index (χ2v) is 6.42. The minimum Gasteiger partial charge on any atom is -0.487 e. The molecule has 2 heterocycles. The van der Waals surface area contributed by atoms with Crippen molar-refractivity contribution in [2.75, 3.05) is 5.32 Å². The Hall–Kier alpha value is -4.14. The first-order valence-corrected chi connectivity index (χ1v) is 9.24. The predicted octanol–water partition coefficient (Wildman–Crippen LogP) is 4.90. The van der Waals surface area contributed by atoms with Gasteiger partial charge >= 0.3 is 6.43 Å². The highest BCUT2D eigenvalue weighted by Crippen LogP contribution is 2.23. The molecule has 0 aliphatic carbocycles. The topological polar surface area (TPSA) is 90.1 Å². The number of amides is 1. The number of alkyl halides is 2. The summed E-state index contributed by atoms with van der Waals surface area (Å²) < 4.78 is 35.7. The average molecular weight is 422 g/mol. The predicted molar refractivity (Wildman–Crippen MR) is 108 cm³/mol. The van der Waals surface area contributed by atoms with Crippen molar-refractivity contribution >= 4 is 11.6 Å². The summed E-state index contributed by atoms with van der Waals surface area (Å²) in [6.45, 7) is 0.149. The summed E-state index contributed by atoms with van der Waals surface area (Å²) in [5.74, 6) is -0.516. The van der Waals surface area contributed by atoms with Crippen molar-refractivity contribution in [3.8, 4) is 17.2 Å². The number of pyridine rings is 1. The molecule has 4 rings (SSSR count). The van der Waals surface area contributed by atoms with E-state index in [1.54, 1.807) is 48.5 Å². The number of benzene rings is 2. The van der Waals surface area contributed by atoms with E-state index in [0.29, 0.717) is 28.3 Å². The van der Waals surface area contributed by atoms with Gasteiger partial charge in [0, 0.05) is 17.4 Å². The van der Waals surface area contributed by atoms with E-state index in [2.05, 4.69) is 20.5 Å². The quantitative estimate of drug-likeness (QED) is 0.456. The molecule has 0 aliphatic rings. The van der Waals surface area contributed by atoms with E-state index in [1.807, 2.05) is 18.2 Å². The summed E-state index contributed by atoms with van der Waals surface area (Å²) in [5.41, 5.74) is 2.17. The van der Waals surface area contributed by atoms with Gasteiger partial charge < -0.3 is 14.5 Å². The molecular weight excluding hydrogens is 406 g/mol. The normalized spacial score (nSPS) is 10.8. The van der Waals surface area contributed by atoms with Crippen LogP contribution in [0.2, 0.25) is 0 Å². The zero-order valence-corrected chi connectivity index (χ0v) is 16.0. The number of hydrogen-bond donors (Lipinski definition) is 1. The largest absolute Gasteiger partial charge is 0.487 e. The molecule has 1 N–H and O–H groups in total. The molecule has 0 saturated carbocycles. The molecule has 0 radical (unpaired) electrons. The number of nitrogens with zero attached hydrogens (tertiary/aromatic N) is 3. The molecule has 1 amide bonds. The van der Waals surface area contributed by atoms with Gasteiger partial charge in [0.2, 0.25) is 5.89 Å². The van der Waals surface area contributed by atoms with Crippen LogP contribution >= 0.6 is 0 Å². The Balaban J connectivity index is 1.37. The van der Waals surface area contributed by atoms with Gasteiger partial charge in [0.05, 0.1) is 11.3 Å². The van der Waals surface area contributed by atoms with Crippen LogP contribution in [0.3, 0.4) is 0 Å². The smallest absolute Gasteiger partial charge is 0.314 e. The number of nitrogens with one attached hydrogen (secondary N) is 1. The van der Waals surface area contributed by atoms with Crippen LogP contribution in [0.4, 0.5) is 14.5 Å². The van der Waals surface area contributed by atoms with Crippen LogP contribution in [0, 0.1) is 0 Å². The second-order valence-electron chi connectivity index (χ2n) is 6.42. The fourth-order valence-corrected chi connectivity index (χ4v) is 2.68. The third-order valence-electron chi connectivity index (χ3n) is 4.21. The van der Waals surface area contributed by atoms with Crippen molar-refractivity contribution in [2.45, 2.75) is 13.0 Å². The van der Waals surface area contributed by atoms with Crippen LogP contribution in [-0.4, -0.2) is 21.1 Å². The molecule has 0 saturated heterocycles. The number of hydrogen-bond acceptors (Lipinski definition) is 6. The summed E-state index contributed by atoms with van der Waals surface area (Å²) in [7, 11) is 0. The molecule has 156 valence electrons. The molecular formula is C22H16F2N4O3. The van der Waals surface area contributed by atoms with Gasteiger partial charge in [-0.2, -0.15) is 8.78 Å². The zero-order chi connectivity index (χ0) is 21.6. The maximum atomic E-state index is 12.6. The highest BCUT2D eigenvalue weighted by atomic mass is 19.3. The van der Waals surface area contributed by atoms with Gasteiger partial charge in [-0.15, -0.1) is 10.2 Å². The molecule has 31 heavy (non-hydrogen) atoms. The van der Waals surface area contributed by atoms with Gasteiger partial charge in [-0.3, -0.25) is 9.78 Å². The van der Waals surface area contributed by atoms with Crippen LogP contribution in [0.25, 0.3) is 11.5 Å². The van der Waals surface area contributed by atoms with Gasteiger partial charge in [0.15, 0.2) is 0 Å². The lowest BCUT2D eigenvalue weighted by Crippen LogP contribution is -2.11. The number of anilines is 1. The Bertz CT molecular complexity index is 1160. The molecule has 0 fully saturated rings. The summed E-state index contributed by atoms with van der Waals surface area (Å²) in [6, 6.07) is 19.2. The maximum Gasteiger partial charge on any atom is 0.314 e. The first-order chi connectivity index (χ1) is 15.1. The van der Waals surface area contributed by atoms with Gasteiger partial charge in [0.1, 0.15) is 12.4 Å². The molecule has 0 unspecified atom stereocenters. The molecule has 2 aromatic carbocycles. The minimum atomic E-state index is -2.83. The van der Waals surface area contributed by atoms with E-state index in [9.17, 15) is 13.6 Å². The van der Waals surface area contributed by atoms with Crippen LogP contribution < -0.4 is 10.1 Å². The van der Waals surface area contributed by atoms with Crippen molar-refractivity contribution in [1.29, 1.82) is 0 Å². The molecule has 0 spiro atoms. The first kappa shape index (κ1) is 20.1. The number of rotatable bonds is 7. The Morgan fingerprint density at radius 2 is 1.87 bits per heavy atom. The van der Waals surface area contributed by atoms with Crippen LogP contribution in [0.1, 0.15) is 28.4 Å². The lowest BCUT2D eigenvalue weighted by Gasteiger charge is -2.09. The molecule has 9 heteroatoms. The van der Waals surface area contributed by atoms with Crippen molar-refractivity contribution in [3.05, 3.63) is 90.1 Å². The standard InChI is InChI=1S/C22H16F2N4O3/c23-19(24)22-28-27-21(31-22)15-9-10-17(25-12-15)13-30-18-8-4-5-14(11-18)20(29)26-16-6-2-1-3-7-16/h1-12,19H,13H2,(H,26,29). The Kier molecular flexibility index (Phi) is 5.93. The first-order valence-electron chi connectivity index (χ1n) is 9.24. The Morgan fingerprint density at radius 1 is 1.03 bits per heavy atom. The number of aromatic nitrogens is 3. The van der Waals surface area contributed by atoms with E-state index >= 15 is 0 Å². The Labute approximate surface area is 175 Å². The number of ether oxygens (including phenoxy) is 1. The fraction of sp³-hybridized carbons (Fsp3) is 0.0909. The van der Waals surface area contributed by atoms with Crippen LogP contribution in [-0.2, 0) is 6.61 Å². The summed E-state index contributed by atoms with van der Waals surface area (Å²) in [4.78, 5) is 16.6. The van der Waals surface area contributed by atoms with E-state index in [4.69, 9.17) is 9.15 Å². The number of carbonyl (C=O) groups excluding carboxylic acids is 1. The van der Waals surface area contributed by atoms with Crippen molar-refractivity contribution in [2.24, 2.45) is 0 Å². The Morgan fingerprint density at radius 3 is 2.58 bits per heavy atom. The summed E-state index contributed by atoms with van der Waals surface area (Å²) >= 11 is 0. The molecule has 0 bridgehead atoms. The summed E-state index contributed by atoms with van der Waals surface area (Å²) in [6.07, 6.45) is -1.39. The minimum absolute atomic E-state index is 0.0348. The zero-order valence-electron chi connectivity index (χ0n) is 16.0. The van der Waals surface area contributed by atoms with Crippen molar-refractivity contribution in [1.82, 2.24) is 15.2 Å². The van der Waals surface area contributed by atoms with Crippen molar-refractivity contribution < 1.29 is 22.7 Å². The van der Waals surface area contributed by atoms with Gasteiger partial charge in [0.25, 0.3) is 11.8 Å². The monoisotopic (exact) mass is 422 g/mol. The molecule has 0 aliphatic heterocycles. The molecule has 2 aromatic heterocycles. The highest BCUT2D eigenvalue weighted by molar-refractivity contribution is 6.04. The molecule has 0 atom stereocenters. The summed E-state index contributed by atoms with van der Waals surface area (Å²) in [5, 5.41) is 9.68. The fourth-order valence-electron chi connectivity index (χ4n) is 2.68. The highest BCUT2D eigenvalue weighted by Gasteiger charge is 2.17. The molecule has 4 aromatic rings. The van der Waals surface area contributed by atoms with Gasteiger partial charge in [-0.05, 0) is 42.5 Å². The third kappa shape index (κ3) is 5.08. The molecule has 7 nitrogen and oxygen atoms in total. The van der Waals surface area contributed by atoms with E-state index in [0.717, 1.165) is 0 Å². The average Bonchev–Trinajstić information content (AvgIpc) is 3.30. The van der Waals surface area contributed by atoms with E-state index in [1.165, 1.54) is 6.20 Å². The van der Waals surface area contributed by atoms with E-state index in [-0.39, 0.29) is 18.4 Å². The lowest BCUT2D eigenvalue weighted by molar-refractivity contribution is 0.102. The van der Waals surface area contributed by atoms with Gasteiger partial charge in [-0.25, -0.2) is 0 Å².